The van der Waals surface area contributed by atoms with Gasteiger partial charge in [0.15, 0.2) is 12.1 Å². The summed E-state index contributed by atoms with van der Waals surface area (Å²) in [7, 11) is 0. The number of aryl methyl sites for hydroxylation is 1. The molecule has 6 heteroatoms. The molecular formula is C15H21N4O2+. The number of rotatable bonds is 1. The molecule has 0 aromatic carbocycles. The van der Waals surface area contributed by atoms with Gasteiger partial charge in [-0.15, -0.1) is 0 Å². The van der Waals surface area contributed by atoms with Crippen molar-refractivity contribution >= 4 is 11.8 Å². The average molecular weight is 289 g/mol. The lowest BCUT2D eigenvalue weighted by atomic mass is 9.75. The van der Waals surface area contributed by atoms with Gasteiger partial charge >= 0.3 is 0 Å². The summed E-state index contributed by atoms with van der Waals surface area (Å²) >= 11 is 0. The number of nitrogens with one attached hydrogen (secondary N) is 1. The van der Waals surface area contributed by atoms with Gasteiger partial charge in [-0.05, 0) is 18.6 Å². The maximum atomic E-state index is 10.5. The molecule has 21 heavy (non-hydrogen) atoms. The van der Waals surface area contributed by atoms with E-state index in [4.69, 9.17) is 4.74 Å². The maximum absolute atomic E-state index is 10.5. The largest absolute Gasteiger partial charge is 0.450 e. The van der Waals surface area contributed by atoms with E-state index in [1.165, 1.54) is 0 Å². The van der Waals surface area contributed by atoms with Crippen molar-refractivity contribution in [1.29, 1.82) is 0 Å². The van der Waals surface area contributed by atoms with Crippen LogP contribution in [-0.4, -0.2) is 52.6 Å². The summed E-state index contributed by atoms with van der Waals surface area (Å²) in [4.78, 5) is 8.81. The van der Waals surface area contributed by atoms with Crippen LogP contribution in [-0.2, 0) is 4.74 Å². The molecule has 4 aliphatic rings. The van der Waals surface area contributed by atoms with E-state index >= 15 is 0 Å². The fourth-order valence-corrected chi connectivity index (χ4v) is 3.83. The molecule has 3 fully saturated rings. The lowest BCUT2D eigenvalue weighted by Crippen LogP contribution is -2.69. The smallest absolute Gasteiger partial charge is 0.291 e. The molecule has 1 aromatic rings. The number of hydrogen-bond donors (Lipinski definition) is 2. The molecule has 1 spiro atoms. The number of aromatic nitrogens is 1. The Bertz CT molecular complexity index is 578. The van der Waals surface area contributed by atoms with Gasteiger partial charge in [0.1, 0.15) is 18.9 Å². The fourth-order valence-electron chi connectivity index (χ4n) is 3.83. The highest BCUT2D eigenvalue weighted by atomic mass is 16.6. The van der Waals surface area contributed by atoms with Crippen LogP contribution in [0, 0.1) is 12.8 Å². The predicted molar refractivity (Wildman–Crippen MR) is 78.1 cm³/mol. The van der Waals surface area contributed by atoms with Gasteiger partial charge in [-0.2, -0.15) is 4.65 Å². The Labute approximate surface area is 124 Å². The number of hydroxylamine groups is 3. The molecule has 6 nitrogen and oxygen atoms in total. The maximum Gasteiger partial charge on any atom is 0.291 e. The molecular weight excluding hydrogens is 268 g/mol. The first-order valence-corrected chi connectivity index (χ1v) is 7.59. The minimum absolute atomic E-state index is 0.141. The summed E-state index contributed by atoms with van der Waals surface area (Å²) < 4.78 is 6.29. The van der Waals surface area contributed by atoms with Crippen molar-refractivity contribution in [1.82, 2.24) is 4.98 Å². The third-order valence-electron chi connectivity index (χ3n) is 5.03. The third-order valence-corrected chi connectivity index (χ3v) is 5.03. The van der Waals surface area contributed by atoms with E-state index in [2.05, 4.69) is 15.3 Å². The van der Waals surface area contributed by atoms with Crippen LogP contribution in [0.25, 0.3) is 0 Å². The highest BCUT2D eigenvalue weighted by Gasteiger charge is 2.59. The van der Waals surface area contributed by atoms with Crippen LogP contribution < -0.4 is 5.32 Å². The fraction of sp³-hybridized carbons (Fsp3) is 0.600. The molecule has 0 amide bonds. The predicted octanol–water partition coefficient (Wildman–Crippen LogP) is 1.56. The summed E-state index contributed by atoms with van der Waals surface area (Å²) in [5.74, 6) is 1.24. The minimum atomic E-state index is -0.321. The standard InChI is InChI=1S/C15H21N4O2/c1-11-2-3-13(16-8-11)18-14-17-9-15(21-14)10-19(20)6-4-12(15)5-7-19/h2-3,8,12,20H,4-7,9-10H2,1H3,(H,16,17,18)/q+1/t12?,15-,19?/m0/s1. The minimum Gasteiger partial charge on any atom is -0.450 e. The van der Waals surface area contributed by atoms with Crippen LogP contribution in [0.1, 0.15) is 18.4 Å². The Kier molecular flexibility index (Phi) is 2.74. The van der Waals surface area contributed by atoms with Crippen molar-refractivity contribution in [2.45, 2.75) is 25.4 Å². The Morgan fingerprint density at radius 2 is 2.19 bits per heavy atom. The zero-order valence-electron chi connectivity index (χ0n) is 12.2. The summed E-state index contributed by atoms with van der Waals surface area (Å²) in [6, 6.07) is 4.46. The van der Waals surface area contributed by atoms with Crippen molar-refractivity contribution in [2.75, 3.05) is 31.5 Å². The Morgan fingerprint density at radius 3 is 2.86 bits per heavy atom. The molecule has 0 unspecified atom stereocenters. The van der Waals surface area contributed by atoms with E-state index < -0.39 is 0 Å². The first-order valence-electron chi connectivity index (χ1n) is 7.59. The molecule has 3 saturated heterocycles. The molecule has 0 saturated carbocycles. The number of ether oxygens (including phenoxy) is 1. The number of nitrogens with zero attached hydrogens (tertiary/aromatic N) is 3. The van der Waals surface area contributed by atoms with Crippen LogP contribution in [0.15, 0.2) is 23.3 Å². The quantitative estimate of drug-likeness (QED) is 0.770. The lowest BCUT2D eigenvalue weighted by molar-refractivity contribution is -1.12. The first kappa shape index (κ1) is 13.0. The van der Waals surface area contributed by atoms with Crippen LogP contribution in [0.3, 0.4) is 0 Å². The summed E-state index contributed by atoms with van der Waals surface area (Å²) in [5.41, 5.74) is 0.800. The molecule has 2 bridgehead atoms. The van der Waals surface area contributed by atoms with E-state index in [-0.39, 0.29) is 10.2 Å². The van der Waals surface area contributed by atoms with Crippen LogP contribution >= 0.6 is 0 Å². The van der Waals surface area contributed by atoms with Crippen LogP contribution in [0.4, 0.5) is 5.82 Å². The second-order valence-electron chi connectivity index (χ2n) is 6.61. The molecule has 5 rings (SSSR count). The van der Waals surface area contributed by atoms with Crippen LogP contribution in [0.2, 0.25) is 0 Å². The number of amidine groups is 1. The normalized spacial score (nSPS) is 37.4. The highest BCUT2D eigenvalue weighted by Crippen LogP contribution is 2.43. The second-order valence-corrected chi connectivity index (χ2v) is 6.61. The third kappa shape index (κ3) is 2.18. The number of anilines is 1. The average Bonchev–Trinajstić information content (AvgIpc) is 2.84. The molecule has 2 N–H and O–H groups in total. The molecule has 0 radical (unpaired) electrons. The zero-order chi connectivity index (χ0) is 14.5. The van der Waals surface area contributed by atoms with E-state index in [1.54, 1.807) is 0 Å². The van der Waals surface area contributed by atoms with Crippen molar-refractivity contribution in [2.24, 2.45) is 10.9 Å². The first-order chi connectivity index (χ1) is 10.1. The van der Waals surface area contributed by atoms with E-state index in [1.807, 2.05) is 25.3 Å². The SMILES string of the molecule is Cc1ccc(NC2=NC[C@@]3(C[N+]4(O)CCC3CC4)O2)nc1. The van der Waals surface area contributed by atoms with Crippen LogP contribution in [0.5, 0.6) is 0 Å². The Balaban J connectivity index is 1.48. The number of hydrogen-bond acceptors (Lipinski definition) is 5. The molecule has 112 valence electrons. The highest BCUT2D eigenvalue weighted by molar-refractivity contribution is 5.89. The molecule has 5 heterocycles. The topological polar surface area (TPSA) is 66.7 Å². The Morgan fingerprint density at radius 1 is 1.38 bits per heavy atom. The summed E-state index contributed by atoms with van der Waals surface area (Å²) in [5, 5.41) is 13.7. The van der Waals surface area contributed by atoms with Crippen molar-refractivity contribution in [3.8, 4) is 0 Å². The molecule has 0 aliphatic carbocycles. The molecule has 1 aromatic heterocycles. The van der Waals surface area contributed by atoms with Gasteiger partial charge in [0, 0.05) is 25.0 Å². The van der Waals surface area contributed by atoms with Gasteiger partial charge in [0.2, 0.25) is 0 Å². The number of aliphatic imine (C=N–C) groups is 1. The van der Waals surface area contributed by atoms with E-state index in [0.29, 0.717) is 25.0 Å². The second kappa shape index (κ2) is 4.42. The monoisotopic (exact) mass is 289 g/mol. The van der Waals surface area contributed by atoms with Crippen molar-refractivity contribution < 1.29 is 14.6 Å². The summed E-state index contributed by atoms with van der Waals surface area (Å²) in [6.45, 7) is 4.98. The number of pyridine rings is 1. The van der Waals surface area contributed by atoms with Crippen molar-refractivity contribution in [3.05, 3.63) is 23.9 Å². The van der Waals surface area contributed by atoms with Gasteiger partial charge in [0.25, 0.3) is 6.02 Å². The van der Waals surface area contributed by atoms with E-state index in [9.17, 15) is 5.21 Å². The van der Waals surface area contributed by atoms with E-state index in [0.717, 1.165) is 37.3 Å². The van der Waals surface area contributed by atoms with Gasteiger partial charge in [-0.3, -0.25) is 5.32 Å². The summed E-state index contributed by atoms with van der Waals surface area (Å²) in [6.07, 6.45) is 3.85. The van der Waals surface area contributed by atoms with Crippen molar-refractivity contribution in [3.63, 3.8) is 0 Å². The molecule has 1 atom stereocenters. The molecule has 4 aliphatic heterocycles. The van der Waals surface area contributed by atoms with Gasteiger partial charge in [0.05, 0.1) is 6.54 Å². The number of quaternary nitrogens is 1. The number of fused-ring (bicyclic) bond motifs is 2. The van der Waals surface area contributed by atoms with Gasteiger partial charge in [-0.25, -0.2) is 15.2 Å². The Hall–Kier alpha value is -1.66. The lowest BCUT2D eigenvalue weighted by Gasteiger charge is -2.51. The van der Waals surface area contributed by atoms with Gasteiger partial charge in [-0.1, -0.05) is 6.07 Å². The number of piperidine rings is 3. The van der Waals surface area contributed by atoms with Gasteiger partial charge < -0.3 is 4.74 Å². The zero-order valence-corrected chi connectivity index (χ0v) is 12.2.